The molecule has 2 aromatic carbocycles. The summed E-state index contributed by atoms with van der Waals surface area (Å²) in [5.74, 6) is -2.35. The molecule has 0 spiro atoms. The Labute approximate surface area is 175 Å². The number of piperidine rings is 1. The monoisotopic (exact) mass is 415 g/mol. The first-order valence-electron chi connectivity index (χ1n) is 10.3. The highest BCUT2D eigenvalue weighted by atomic mass is 19.1. The Morgan fingerprint density at radius 2 is 1.67 bits per heavy atom. The van der Waals surface area contributed by atoms with Crippen molar-refractivity contribution in [2.75, 3.05) is 36.4 Å². The summed E-state index contributed by atoms with van der Waals surface area (Å²) in [6.07, 6.45) is 0.996. The summed E-state index contributed by atoms with van der Waals surface area (Å²) in [4.78, 5) is 28.8. The van der Waals surface area contributed by atoms with Crippen molar-refractivity contribution in [3.63, 3.8) is 0 Å². The highest BCUT2D eigenvalue weighted by Gasteiger charge is 2.29. The second kappa shape index (κ2) is 9.69. The van der Waals surface area contributed by atoms with Crippen LogP contribution < -0.4 is 10.2 Å². The molecule has 1 N–H and O–H groups in total. The number of anilines is 2. The van der Waals surface area contributed by atoms with E-state index in [1.807, 2.05) is 24.3 Å². The van der Waals surface area contributed by atoms with Crippen molar-refractivity contribution in [3.05, 3.63) is 59.7 Å². The molecular weight excluding hydrogens is 388 g/mol. The smallest absolute Gasteiger partial charge is 0.256 e. The average Bonchev–Trinajstić information content (AvgIpc) is 2.75. The lowest BCUT2D eigenvalue weighted by atomic mass is 9.95. The van der Waals surface area contributed by atoms with Crippen molar-refractivity contribution in [1.82, 2.24) is 4.90 Å². The molecule has 5 nitrogen and oxygen atoms in total. The van der Waals surface area contributed by atoms with E-state index in [1.165, 1.54) is 4.90 Å². The second-order valence-electron chi connectivity index (χ2n) is 7.40. The third-order valence-electron chi connectivity index (χ3n) is 5.58. The number of hydrogen-bond donors (Lipinski definition) is 1. The maximum absolute atomic E-state index is 13.9. The molecule has 1 heterocycles. The van der Waals surface area contributed by atoms with Crippen molar-refractivity contribution < 1.29 is 18.4 Å². The Bertz CT molecular complexity index is 890. The molecule has 0 saturated carbocycles. The van der Waals surface area contributed by atoms with Crippen molar-refractivity contribution in [1.29, 1.82) is 0 Å². The predicted molar refractivity (Wildman–Crippen MR) is 114 cm³/mol. The van der Waals surface area contributed by atoms with Gasteiger partial charge in [0.1, 0.15) is 11.6 Å². The van der Waals surface area contributed by atoms with Crippen LogP contribution in [0.15, 0.2) is 42.5 Å². The van der Waals surface area contributed by atoms with Gasteiger partial charge in [-0.15, -0.1) is 0 Å². The molecule has 0 unspecified atom stereocenters. The van der Waals surface area contributed by atoms with Crippen molar-refractivity contribution in [2.24, 2.45) is 5.92 Å². The molecular formula is C23H27F2N3O2. The van der Waals surface area contributed by atoms with Crippen LogP contribution in [0.3, 0.4) is 0 Å². The third-order valence-corrected chi connectivity index (χ3v) is 5.58. The van der Waals surface area contributed by atoms with Gasteiger partial charge in [0.2, 0.25) is 5.91 Å². The zero-order chi connectivity index (χ0) is 21.7. The quantitative estimate of drug-likeness (QED) is 0.765. The number of carbonyl (C=O) groups is 2. The summed E-state index contributed by atoms with van der Waals surface area (Å²) in [6, 6.07) is 10.7. The fourth-order valence-electron chi connectivity index (χ4n) is 3.77. The number of likely N-dealkylation sites (tertiary alicyclic amines) is 1. The molecule has 1 aliphatic heterocycles. The Morgan fingerprint density at radius 1 is 1.03 bits per heavy atom. The normalized spacial score (nSPS) is 14.5. The van der Waals surface area contributed by atoms with Crippen LogP contribution in [0.2, 0.25) is 0 Å². The maximum Gasteiger partial charge on any atom is 0.256 e. The minimum Gasteiger partial charge on any atom is -0.372 e. The molecule has 30 heavy (non-hydrogen) atoms. The standard InChI is InChI=1S/C23H27F2N3O2/c1-3-27(4-2)19-8-6-18(7-9-19)26-22(29)16-11-13-28(14-12-16)23(30)20-10-5-17(24)15-21(20)25/h5-10,15-16H,3-4,11-14H2,1-2H3,(H,26,29). The highest BCUT2D eigenvalue weighted by Crippen LogP contribution is 2.23. The fraction of sp³-hybridized carbons (Fsp3) is 0.391. The van der Waals surface area contributed by atoms with E-state index in [9.17, 15) is 18.4 Å². The summed E-state index contributed by atoms with van der Waals surface area (Å²) in [6.45, 7) is 6.74. The number of halogens is 2. The van der Waals surface area contributed by atoms with Crippen molar-refractivity contribution >= 4 is 23.2 Å². The number of carbonyl (C=O) groups excluding carboxylic acids is 2. The minimum atomic E-state index is -0.868. The van der Waals surface area contributed by atoms with E-state index in [1.54, 1.807) is 0 Å². The van der Waals surface area contributed by atoms with Crippen LogP contribution in [0, 0.1) is 17.6 Å². The molecule has 2 amide bonds. The van der Waals surface area contributed by atoms with E-state index >= 15 is 0 Å². The average molecular weight is 415 g/mol. The van der Waals surface area contributed by atoms with Gasteiger partial charge in [0.15, 0.2) is 0 Å². The van der Waals surface area contributed by atoms with Crippen LogP contribution in [-0.2, 0) is 4.79 Å². The van der Waals surface area contributed by atoms with E-state index in [0.29, 0.717) is 32.0 Å². The van der Waals surface area contributed by atoms with Gasteiger partial charge in [-0.2, -0.15) is 0 Å². The molecule has 0 radical (unpaired) electrons. The van der Waals surface area contributed by atoms with Gasteiger partial charge in [0.05, 0.1) is 5.56 Å². The zero-order valence-electron chi connectivity index (χ0n) is 17.3. The molecule has 2 aromatic rings. The Hall–Kier alpha value is -2.96. The predicted octanol–water partition coefficient (Wildman–Crippen LogP) is 4.30. The lowest BCUT2D eigenvalue weighted by Gasteiger charge is -2.31. The van der Waals surface area contributed by atoms with Gasteiger partial charge in [-0.3, -0.25) is 9.59 Å². The molecule has 3 rings (SSSR count). The summed E-state index contributed by atoms with van der Waals surface area (Å²) in [7, 11) is 0. The van der Waals surface area contributed by atoms with Crippen LogP contribution in [0.4, 0.5) is 20.2 Å². The number of benzene rings is 2. The maximum atomic E-state index is 13.9. The van der Waals surface area contributed by atoms with E-state index in [2.05, 4.69) is 24.1 Å². The molecule has 1 fully saturated rings. The highest BCUT2D eigenvalue weighted by molar-refractivity contribution is 5.95. The van der Waals surface area contributed by atoms with Crippen LogP contribution in [0.5, 0.6) is 0 Å². The number of hydrogen-bond acceptors (Lipinski definition) is 3. The number of rotatable bonds is 6. The van der Waals surface area contributed by atoms with Crippen molar-refractivity contribution in [2.45, 2.75) is 26.7 Å². The summed E-state index contributed by atoms with van der Waals surface area (Å²) in [5, 5.41) is 2.94. The van der Waals surface area contributed by atoms with Gasteiger partial charge >= 0.3 is 0 Å². The van der Waals surface area contributed by atoms with Crippen LogP contribution in [0.1, 0.15) is 37.0 Å². The number of amides is 2. The van der Waals surface area contributed by atoms with Crippen LogP contribution >= 0.6 is 0 Å². The number of nitrogens with zero attached hydrogens (tertiary/aromatic N) is 2. The summed E-state index contributed by atoms with van der Waals surface area (Å²) >= 11 is 0. The molecule has 0 aromatic heterocycles. The van der Waals surface area contributed by atoms with Crippen LogP contribution in [0.25, 0.3) is 0 Å². The van der Waals surface area contributed by atoms with Gasteiger partial charge in [-0.25, -0.2) is 8.78 Å². The topological polar surface area (TPSA) is 52.7 Å². The first-order valence-corrected chi connectivity index (χ1v) is 10.3. The van der Waals surface area contributed by atoms with E-state index in [4.69, 9.17) is 0 Å². The third kappa shape index (κ3) is 4.96. The fourth-order valence-corrected chi connectivity index (χ4v) is 3.77. The summed E-state index contributed by atoms with van der Waals surface area (Å²) < 4.78 is 26.9. The number of nitrogens with one attached hydrogen (secondary N) is 1. The Kier molecular flexibility index (Phi) is 7.03. The molecule has 1 saturated heterocycles. The molecule has 0 aliphatic carbocycles. The van der Waals surface area contributed by atoms with E-state index in [0.717, 1.165) is 36.6 Å². The lowest BCUT2D eigenvalue weighted by molar-refractivity contribution is -0.121. The Morgan fingerprint density at radius 3 is 2.23 bits per heavy atom. The minimum absolute atomic E-state index is 0.0781. The van der Waals surface area contributed by atoms with Gasteiger partial charge in [-0.1, -0.05) is 0 Å². The van der Waals surface area contributed by atoms with E-state index < -0.39 is 17.5 Å². The molecule has 0 atom stereocenters. The molecule has 1 aliphatic rings. The lowest BCUT2D eigenvalue weighted by Crippen LogP contribution is -2.41. The van der Waals surface area contributed by atoms with Crippen LogP contribution in [-0.4, -0.2) is 42.9 Å². The summed E-state index contributed by atoms with van der Waals surface area (Å²) in [5.41, 5.74) is 1.70. The zero-order valence-corrected chi connectivity index (χ0v) is 17.3. The van der Waals surface area contributed by atoms with E-state index in [-0.39, 0.29) is 17.4 Å². The van der Waals surface area contributed by atoms with Gasteiger partial charge in [0.25, 0.3) is 5.91 Å². The largest absolute Gasteiger partial charge is 0.372 e. The van der Waals surface area contributed by atoms with Gasteiger partial charge < -0.3 is 15.1 Å². The SMILES string of the molecule is CCN(CC)c1ccc(NC(=O)C2CCN(C(=O)c3ccc(F)cc3F)CC2)cc1. The second-order valence-corrected chi connectivity index (χ2v) is 7.40. The Balaban J connectivity index is 1.54. The van der Waals surface area contributed by atoms with Gasteiger partial charge in [0, 0.05) is 49.5 Å². The molecule has 7 heteroatoms. The molecule has 0 bridgehead atoms. The first kappa shape index (κ1) is 21.7. The molecule has 160 valence electrons. The van der Waals surface area contributed by atoms with Gasteiger partial charge in [-0.05, 0) is 63.1 Å². The van der Waals surface area contributed by atoms with Crippen molar-refractivity contribution in [3.8, 4) is 0 Å². The first-order chi connectivity index (χ1) is 14.4.